The summed E-state index contributed by atoms with van der Waals surface area (Å²) in [7, 11) is -3.56. The zero-order chi connectivity index (χ0) is 16.7. The monoisotopic (exact) mass is 340 g/mol. The van der Waals surface area contributed by atoms with Gasteiger partial charge in [0.15, 0.2) is 0 Å². The Kier molecular flexibility index (Phi) is 6.56. The van der Waals surface area contributed by atoms with Gasteiger partial charge in [-0.15, -0.1) is 0 Å². The van der Waals surface area contributed by atoms with Crippen LogP contribution < -0.4 is 5.32 Å². The largest absolute Gasteiger partial charge is 0.379 e. The van der Waals surface area contributed by atoms with Gasteiger partial charge < -0.3 is 10.1 Å². The third-order valence-corrected chi connectivity index (χ3v) is 5.79. The Bertz CT molecular complexity index is 625. The predicted molar refractivity (Wildman–Crippen MR) is 87.4 cm³/mol. The van der Waals surface area contributed by atoms with Crippen LogP contribution in [0.2, 0.25) is 0 Å². The molecule has 1 amide bonds. The summed E-state index contributed by atoms with van der Waals surface area (Å²) < 4.78 is 32.2. The number of benzene rings is 1. The first-order valence-corrected chi connectivity index (χ1v) is 9.42. The molecule has 2 rings (SSSR count). The summed E-state index contributed by atoms with van der Waals surface area (Å²) >= 11 is 0. The molecule has 0 radical (unpaired) electrons. The van der Waals surface area contributed by atoms with E-state index >= 15 is 0 Å². The van der Waals surface area contributed by atoms with E-state index in [2.05, 4.69) is 5.32 Å². The molecule has 128 valence electrons. The van der Waals surface area contributed by atoms with Crippen molar-refractivity contribution < 1.29 is 17.9 Å². The van der Waals surface area contributed by atoms with E-state index in [0.717, 1.165) is 12.8 Å². The Labute approximate surface area is 137 Å². The van der Waals surface area contributed by atoms with Crippen LogP contribution in [0.3, 0.4) is 0 Å². The molecule has 23 heavy (non-hydrogen) atoms. The van der Waals surface area contributed by atoms with Gasteiger partial charge in [0.25, 0.3) is 0 Å². The minimum absolute atomic E-state index is 0.0505. The molecule has 1 aromatic carbocycles. The van der Waals surface area contributed by atoms with Gasteiger partial charge in [0.05, 0.1) is 18.1 Å². The molecule has 0 bridgehead atoms. The molecule has 1 fully saturated rings. The third-order valence-electron chi connectivity index (χ3n) is 3.79. The molecule has 0 aliphatic carbocycles. The summed E-state index contributed by atoms with van der Waals surface area (Å²) in [6, 6.07) is 6.83. The summed E-state index contributed by atoms with van der Waals surface area (Å²) in [5.41, 5.74) is 0.615. The van der Waals surface area contributed by atoms with Crippen LogP contribution in [0.25, 0.3) is 0 Å². The lowest BCUT2D eigenvalue weighted by atomic mass is 10.2. The van der Waals surface area contributed by atoms with E-state index in [1.807, 2.05) is 6.92 Å². The van der Waals surface area contributed by atoms with Gasteiger partial charge in [-0.05, 0) is 18.1 Å². The summed E-state index contributed by atoms with van der Waals surface area (Å²) in [5.74, 6) is -0.0505. The standard InChI is InChI=1S/C16H24N2O4S/c1-2-3-8-16(19)17-13-14-6-4-5-7-15(14)23(20,21)18-9-11-22-12-10-18/h4-7H,2-3,8-13H2,1H3,(H,17,19). The Morgan fingerprint density at radius 1 is 1.26 bits per heavy atom. The first kappa shape index (κ1) is 17.9. The van der Waals surface area contributed by atoms with Gasteiger partial charge in [0.1, 0.15) is 0 Å². The molecule has 1 aliphatic rings. The van der Waals surface area contributed by atoms with Crippen molar-refractivity contribution in [1.82, 2.24) is 9.62 Å². The third kappa shape index (κ3) is 4.76. The zero-order valence-corrected chi connectivity index (χ0v) is 14.3. The Hall–Kier alpha value is -1.44. The fraction of sp³-hybridized carbons (Fsp3) is 0.562. The first-order chi connectivity index (χ1) is 11.1. The van der Waals surface area contributed by atoms with Crippen molar-refractivity contribution >= 4 is 15.9 Å². The first-order valence-electron chi connectivity index (χ1n) is 7.98. The summed E-state index contributed by atoms with van der Waals surface area (Å²) in [6.45, 7) is 3.79. The highest BCUT2D eigenvalue weighted by molar-refractivity contribution is 7.89. The van der Waals surface area contributed by atoms with Gasteiger partial charge in [0, 0.05) is 26.1 Å². The van der Waals surface area contributed by atoms with E-state index in [-0.39, 0.29) is 17.3 Å². The smallest absolute Gasteiger partial charge is 0.243 e. The highest BCUT2D eigenvalue weighted by Gasteiger charge is 2.28. The van der Waals surface area contributed by atoms with Gasteiger partial charge in [-0.25, -0.2) is 8.42 Å². The molecule has 0 saturated carbocycles. The van der Waals surface area contributed by atoms with Crippen molar-refractivity contribution in [3.05, 3.63) is 29.8 Å². The number of hydrogen-bond donors (Lipinski definition) is 1. The average molecular weight is 340 g/mol. The maximum Gasteiger partial charge on any atom is 0.243 e. The number of sulfonamides is 1. The minimum Gasteiger partial charge on any atom is -0.379 e. The molecule has 1 aliphatic heterocycles. The van der Waals surface area contributed by atoms with Crippen LogP contribution in [-0.4, -0.2) is 44.9 Å². The van der Waals surface area contributed by atoms with Crippen molar-refractivity contribution in [2.45, 2.75) is 37.6 Å². The Balaban J connectivity index is 2.12. The molecule has 1 saturated heterocycles. The van der Waals surface area contributed by atoms with Crippen LogP contribution in [0.1, 0.15) is 31.7 Å². The minimum atomic E-state index is -3.56. The second-order valence-corrected chi connectivity index (χ2v) is 7.41. The van der Waals surface area contributed by atoms with Crippen molar-refractivity contribution in [2.75, 3.05) is 26.3 Å². The van der Waals surface area contributed by atoms with Crippen molar-refractivity contribution in [3.8, 4) is 0 Å². The fourth-order valence-electron chi connectivity index (χ4n) is 2.45. The lowest BCUT2D eigenvalue weighted by Gasteiger charge is -2.27. The van der Waals surface area contributed by atoms with E-state index in [1.165, 1.54) is 4.31 Å². The van der Waals surface area contributed by atoms with Crippen molar-refractivity contribution in [1.29, 1.82) is 0 Å². The molecule has 0 spiro atoms. The lowest BCUT2D eigenvalue weighted by molar-refractivity contribution is -0.121. The molecule has 1 aromatic rings. The van der Waals surface area contributed by atoms with Crippen LogP contribution >= 0.6 is 0 Å². The number of hydrogen-bond acceptors (Lipinski definition) is 4. The van der Waals surface area contributed by atoms with E-state index in [0.29, 0.717) is 38.3 Å². The van der Waals surface area contributed by atoms with E-state index < -0.39 is 10.0 Å². The van der Waals surface area contributed by atoms with Crippen molar-refractivity contribution in [2.24, 2.45) is 0 Å². The Morgan fingerprint density at radius 3 is 2.65 bits per heavy atom. The van der Waals surface area contributed by atoms with E-state index in [9.17, 15) is 13.2 Å². The summed E-state index contributed by atoms with van der Waals surface area (Å²) in [5, 5.41) is 2.80. The summed E-state index contributed by atoms with van der Waals surface area (Å²) in [6.07, 6.45) is 2.25. The predicted octanol–water partition coefficient (Wildman–Crippen LogP) is 1.51. The van der Waals surface area contributed by atoms with E-state index in [4.69, 9.17) is 4.74 Å². The maximum absolute atomic E-state index is 12.8. The van der Waals surface area contributed by atoms with Gasteiger partial charge in [-0.1, -0.05) is 31.5 Å². The van der Waals surface area contributed by atoms with Gasteiger partial charge in [0.2, 0.25) is 15.9 Å². The highest BCUT2D eigenvalue weighted by atomic mass is 32.2. The topological polar surface area (TPSA) is 75.7 Å². The zero-order valence-electron chi connectivity index (χ0n) is 13.5. The lowest BCUT2D eigenvalue weighted by Crippen LogP contribution is -2.41. The fourth-order valence-corrected chi connectivity index (χ4v) is 4.08. The number of nitrogens with one attached hydrogen (secondary N) is 1. The SMILES string of the molecule is CCCCC(=O)NCc1ccccc1S(=O)(=O)N1CCOCC1. The van der Waals surface area contributed by atoms with Crippen LogP contribution in [0.15, 0.2) is 29.2 Å². The second-order valence-electron chi connectivity index (χ2n) is 5.50. The Morgan fingerprint density at radius 2 is 1.96 bits per heavy atom. The normalized spacial score (nSPS) is 16.2. The molecular weight excluding hydrogens is 316 g/mol. The molecule has 0 atom stereocenters. The number of morpholine rings is 1. The molecule has 7 heteroatoms. The molecule has 0 aromatic heterocycles. The van der Waals surface area contributed by atoms with Gasteiger partial charge in [-0.2, -0.15) is 4.31 Å². The maximum atomic E-state index is 12.8. The number of carbonyl (C=O) groups excluding carboxylic acids is 1. The highest BCUT2D eigenvalue weighted by Crippen LogP contribution is 2.21. The van der Waals surface area contributed by atoms with Gasteiger partial charge in [-0.3, -0.25) is 4.79 Å². The van der Waals surface area contributed by atoms with Crippen LogP contribution in [-0.2, 0) is 26.1 Å². The second kappa shape index (κ2) is 8.42. The molecule has 0 unspecified atom stereocenters. The van der Waals surface area contributed by atoms with Gasteiger partial charge >= 0.3 is 0 Å². The molecule has 6 nitrogen and oxygen atoms in total. The molecule has 1 N–H and O–H groups in total. The number of nitrogens with zero attached hydrogens (tertiary/aromatic N) is 1. The number of rotatable bonds is 7. The quantitative estimate of drug-likeness (QED) is 0.816. The summed E-state index contributed by atoms with van der Waals surface area (Å²) in [4.78, 5) is 12.0. The molecular formula is C16H24N2O4S. The van der Waals surface area contributed by atoms with Crippen LogP contribution in [0.5, 0.6) is 0 Å². The van der Waals surface area contributed by atoms with Crippen LogP contribution in [0.4, 0.5) is 0 Å². The van der Waals surface area contributed by atoms with Crippen molar-refractivity contribution in [3.63, 3.8) is 0 Å². The number of amides is 1. The van der Waals surface area contributed by atoms with E-state index in [1.54, 1.807) is 24.3 Å². The number of ether oxygens (including phenoxy) is 1. The number of unbranched alkanes of at least 4 members (excludes halogenated alkanes) is 1. The molecule has 1 heterocycles. The number of carbonyl (C=O) groups is 1. The average Bonchev–Trinajstić information content (AvgIpc) is 2.59. The van der Waals surface area contributed by atoms with Crippen LogP contribution in [0, 0.1) is 0 Å².